The summed E-state index contributed by atoms with van der Waals surface area (Å²) in [5.41, 5.74) is 4.44. The van der Waals surface area contributed by atoms with Gasteiger partial charge in [0.2, 0.25) is 0 Å². The van der Waals surface area contributed by atoms with E-state index < -0.39 is 0 Å². The van der Waals surface area contributed by atoms with Gasteiger partial charge in [-0.15, -0.1) is 0 Å². The van der Waals surface area contributed by atoms with Crippen LogP contribution in [0.2, 0.25) is 0 Å². The summed E-state index contributed by atoms with van der Waals surface area (Å²) in [7, 11) is 1.73. The highest BCUT2D eigenvalue weighted by Gasteiger charge is 2.33. The first-order valence-corrected chi connectivity index (χ1v) is 10.1. The van der Waals surface area contributed by atoms with Crippen LogP contribution in [0.15, 0.2) is 48.9 Å². The molecule has 4 aromatic rings. The quantitative estimate of drug-likeness (QED) is 0.549. The highest BCUT2D eigenvalue weighted by molar-refractivity contribution is 6.07. The SMILES string of the molecule is Cc1nccn1Cc1c2c(c(O)c3ncc(Cc4ccc(F)cc4)cc13)C(=O)N(C)C2. The Labute approximate surface area is 178 Å². The number of aromatic nitrogens is 3. The minimum atomic E-state index is -0.271. The van der Waals surface area contributed by atoms with Crippen LogP contribution < -0.4 is 0 Å². The summed E-state index contributed by atoms with van der Waals surface area (Å²) in [4.78, 5) is 23.1. The average molecular weight is 416 g/mol. The molecule has 7 heteroatoms. The molecule has 3 heterocycles. The Morgan fingerprint density at radius 3 is 2.65 bits per heavy atom. The Balaban J connectivity index is 1.69. The molecule has 156 valence electrons. The first kappa shape index (κ1) is 19.2. The van der Waals surface area contributed by atoms with Gasteiger partial charge >= 0.3 is 0 Å². The van der Waals surface area contributed by atoms with Crippen LogP contribution in [0.3, 0.4) is 0 Å². The number of hydrogen-bond acceptors (Lipinski definition) is 4. The molecular formula is C24H21FN4O2. The molecule has 2 aromatic heterocycles. The molecule has 1 N–H and O–H groups in total. The maximum Gasteiger partial charge on any atom is 0.258 e. The predicted molar refractivity (Wildman–Crippen MR) is 114 cm³/mol. The molecule has 0 spiro atoms. The number of pyridine rings is 1. The lowest BCUT2D eigenvalue weighted by Gasteiger charge is -2.16. The molecule has 1 aliphatic heterocycles. The van der Waals surface area contributed by atoms with Gasteiger partial charge in [0.25, 0.3) is 5.91 Å². The molecular weight excluding hydrogens is 395 g/mol. The summed E-state index contributed by atoms with van der Waals surface area (Å²) < 4.78 is 15.3. The molecule has 0 atom stereocenters. The van der Waals surface area contributed by atoms with Crippen molar-refractivity contribution in [1.82, 2.24) is 19.4 Å². The van der Waals surface area contributed by atoms with Gasteiger partial charge in [0.05, 0.1) is 5.56 Å². The summed E-state index contributed by atoms with van der Waals surface area (Å²) >= 11 is 0. The van der Waals surface area contributed by atoms with Crippen molar-refractivity contribution in [2.75, 3.05) is 7.05 Å². The zero-order valence-electron chi connectivity index (χ0n) is 17.3. The van der Waals surface area contributed by atoms with E-state index in [4.69, 9.17) is 0 Å². The molecule has 1 aliphatic rings. The lowest BCUT2D eigenvalue weighted by Crippen LogP contribution is -2.17. The molecule has 0 saturated carbocycles. The molecule has 1 amide bonds. The number of imidazole rings is 1. The van der Waals surface area contributed by atoms with Crippen LogP contribution in [0.1, 0.15) is 38.4 Å². The van der Waals surface area contributed by atoms with Crippen molar-refractivity contribution in [2.45, 2.75) is 26.4 Å². The smallest absolute Gasteiger partial charge is 0.258 e. The number of amides is 1. The topological polar surface area (TPSA) is 71.2 Å². The number of benzene rings is 2. The maximum atomic E-state index is 13.3. The Hall–Kier alpha value is -3.74. The lowest BCUT2D eigenvalue weighted by molar-refractivity contribution is 0.0814. The summed E-state index contributed by atoms with van der Waals surface area (Å²) in [6.07, 6.45) is 5.93. The van der Waals surface area contributed by atoms with Crippen LogP contribution in [0, 0.1) is 12.7 Å². The summed E-state index contributed by atoms with van der Waals surface area (Å²) in [5, 5.41) is 11.7. The van der Waals surface area contributed by atoms with E-state index in [0.29, 0.717) is 30.6 Å². The largest absolute Gasteiger partial charge is 0.505 e. The van der Waals surface area contributed by atoms with Crippen molar-refractivity contribution in [3.05, 3.63) is 88.4 Å². The van der Waals surface area contributed by atoms with Crippen LogP contribution >= 0.6 is 0 Å². The third kappa shape index (κ3) is 3.22. The van der Waals surface area contributed by atoms with Crippen LogP contribution in [0.4, 0.5) is 4.39 Å². The fourth-order valence-corrected chi connectivity index (χ4v) is 4.26. The second-order valence-corrected chi connectivity index (χ2v) is 7.99. The van der Waals surface area contributed by atoms with Gasteiger partial charge in [0.1, 0.15) is 17.2 Å². The number of fused-ring (bicyclic) bond motifs is 2. The number of hydrogen-bond donors (Lipinski definition) is 1. The zero-order chi connectivity index (χ0) is 21.7. The van der Waals surface area contributed by atoms with Crippen molar-refractivity contribution < 1.29 is 14.3 Å². The number of carbonyl (C=O) groups is 1. The number of phenols is 1. The van der Waals surface area contributed by atoms with Crippen LogP contribution in [-0.2, 0) is 19.5 Å². The molecule has 2 aromatic carbocycles. The fourth-order valence-electron chi connectivity index (χ4n) is 4.26. The maximum absolute atomic E-state index is 13.3. The fraction of sp³-hybridized carbons (Fsp3) is 0.208. The number of carbonyl (C=O) groups excluding carboxylic acids is 1. The Morgan fingerprint density at radius 2 is 1.94 bits per heavy atom. The van der Waals surface area contributed by atoms with E-state index in [0.717, 1.165) is 33.5 Å². The Morgan fingerprint density at radius 1 is 1.16 bits per heavy atom. The second-order valence-electron chi connectivity index (χ2n) is 7.99. The molecule has 31 heavy (non-hydrogen) atoms. The van der Waals surface area contributed by atoms with Crippen molar-refractivity contribution in [1.29, 1.82) is 0 Å². The van der Waals surface area contributed by atoms with Gasteiger partial charge in [0.15, 0.2) is 5.75 Å². The third-order valence-electron chi connectivity index (χ3n) is 5.93. The molecule has 0 saturated heterocycles. The Kier molecular flexibility index (Phi) is 4.46. The molecule has 0 aliphatic carbocycles. The Bertz CT molecular complexity index is 1330. The summed E-state index contributed by atoms with van der Waals surface area (Å²) in [6.45, 7) is 2.88. The molecule has 0 bridgehead atoms. The van der Waals surface area contributed by atoms with E-state index in [1.54, 1.807) is 36.5 Å². The van der Waals surface area contributed by atoms with Gasteiger partial charge in [-0.1, -0.05) is 12.1 Å². The highest BCUT2D eigenvalue weighted by Crippen LogP contribution is 2.40. The molecule has 0 unspecified atom stereocenters. The van der Waals surface area contributed by atoms with Gasteiger partial charge in [-0.05, 0) is 53.8 Å². The minimum Gasteiger partial charge on any atom is -0.505 e. The third-order valence-corrected chi connectivity index (χ3v) is 5.93. The number of phenolic OH excluding ortho intramolecular Hbond substituents is 1. The number of aryl methyl sites for hydroxylation is 1. The lowest BCUT2D eigenvalue weighted by atomic mass is 9.94. The molecule has 0 fully saturated rings. The van der Waals surface area contributed by atoms with E-state index in [1.807, 2.05) is 23.8 Å². The van der Waals surface area contributed by atoms with E-state index in [9.17, 15) is 14.3 Å². The van der Waals surface area contributed by atoms with Crippen molar-refractivity contribution in [2.24, 2.45) is 0 Å². The van der Waals surface area contributed by atoms with E-state index in [-0.39, 0.29) is 17.5 Å². The highest BCUT2D eigenvalue weighted by atomic mass is 19.1. The normalized spacial score (nSPS) is 13.3. The average Bonchev–Trinajstić information content (AvgIpc) is 3.29. The first-order valence-electron chi connectivity index (χ1n) is 10.1. The van der Waals surface area contributed by atoms with Crippen molar-refractivity contribution in [3.63, 3.8) is 0 Å². The summed E-state index contributed by atoms with van der Waals surface area (Å²) in [5.74, 6) is 0.324. The van der Waals surface area contributed by atoms with Gasteiger partial charge in [-0.3, -0.25) is 9.78 Å². The van der Waals surface area contributed by atoms with Gasteiger partial charge < -0.3 is 14.6 Å². The van der Waals surface area contributed by atoms with Crippen LogP contribution in [0.5, 0.6) is 5.75 Å². The van der Waals surface area contributed by atoms with Gasteiger partial charge in [-0.25, -0.2) is 9.37 Å². The van der Waals surface area contributed by atoms with Crippen molar-refractivity contribution >= 4 is 16.8 Å². The number of aromatic hydroxyl groups is 1. The first-order chi connectivity index (χ1) is 14.9. The molecule has 5 rings (SSSR count). The standard InChI is InChI=1S/C24H21FN4O2/c1-14-26-7-8-29(14)13-19-18-10-16(9-15-3-5-17(25)6-4-15)11-27-22(18)23(30)21-20(19)12-28(2)24(21)31/h3-8,10-11,30H,9,12-13H2,1-2H3. The van der Waals surface area contributed by atoms with Gasteiger partial charge in [0, 0.05) is 44.1 Å². The number of nitrogens with zero attached hydrogens (tertiary/aromatic N) is 4. The molecule has 6 nitrogen and oxygen atoms in total. The van der Waals surface area contributed by atoms with Crippen molar-refractivity contribution in [3.8, 4) is 5.75 Å². The van der Waals surface area contributed by atoms with Crippen LogP contribution in [0.25, 0.3) is 10.9 Å². The zero-order valence-corrected chi connectivity index (χ0v) is 17.3. The molecule has 0 radical (unpaired) electrons. The predicted octanol–water partition coefficient (Wildman–Crippen LogP) is 3.81. The minimum absolute atomic E-state index is 0.0706. The number of halogens is 1. The van der Waals surface area contributed by atoms with Gasteiger partial charge in [-0.2, -0.15) is 0 Å². The summed E-state index contributed by atoms with van der Waals surface area (Å²) in [6, 6.07) is 8.40. The second kappa shape index (κ2) is 7.19. The number of rotatable bonds is 4. The van der Waals surface area contributed by atoms with Crippen LogP contribution in [-0.4, -0.2) is 37.5 Å². The van der Waals surface area contributed by atoms with E-state index in [1.165, 1.54) is 12.1 Å². The monoisotopic (exact) mass is 416 g/mol. The van der Waals surface area contributed by atoms with E-state index >= 15 is 0 Å². The van der Waals surface area contributed by atoms with E-state index in [2.05, 4.69) is 9.97 Å².